The largest absolute Gasteiger partial charge is 0.358 e. The topological polar surface area (TPSA) is 15.8 Å². The van der Waals surface area contributed by atoms with Crippen molar-refractivity contribution in [3.05, 3.63) is 71.4 Å². The fraction of sp³-hybridized carbons (Fsp3) is 0.263. The van der Waals surface area contributed by atoms with E-state index in [-0.39, 0.29) is 0 Å². The highest BCUT2D eigenvalue weighted by molar-refractivity contribution is 5.83. The molecule has 1 atom stereocenters. The Balaban J connectivity index is 2.01. The van der Waals surface area contributed by atoms with Crippen molar-refractivity contribution in [3.8, 4) is 0 Å². The summed E-state index contributed by atoms with van der Waals surface area (Å²) in [5, 5.41) is 1.24. The van der Waals surface area contributed by atoms with Gasteiger partial charge >= 0.3 is 0 Å². The van der Waals surface area contributed by atoms with Gasteiger partial charge in [0.15, 0.2) is 0 Å². The molecular formula is C19H20N. The predicted molar refractivity (Wildman–Crippen MR) is 85.1 cm³/mol. The number of nitrogens with one attached hydrogen (secondary N) is 1. The molecule has 1 heteroatoms. The van der Waals surface area contributed by atoms with E-state index >= 15 is 0 Å². The standard InChI is InChI=1S/C19H20N/c1-3-14(2)19-13-17-16(10-7-11-18(17)20-19)12-15-8-5-4-6-9-15/h4-11,14,20H,3,12H2,1-2H3. The fourth-order valence-electron chi connectivity index (χ4n) is 2.58. The lowest BCUT2D eigenvalue weighted by atomic mass is 10.0. The van der Waals surface area contributed by atoms with Crippen molar-refractivity contribution in [1.82, 2.24) is 4.98 Å². The maximum absolute atomic E-state index is 3.58. The van der Waals surface area contributed by atoms with Gasteiger partial charge in [-0.15, -0.1) is 0 Å². The predicted octanol–water partition coefficient (Wildman–Crippen LogP) is 5.07. The highest BCUT2D eigenvalue weighted by Gasteiger charge is 2.10. The Morgan fingerprint density at radius 1 is 1.05 bits per heavy atom. The number of rotatable bonds is 4. The molecule has 0 spiro atoms. The minimum Gasteiger partial charge on any atom is -0.358 e. The van der Waals surface area contributed by atoms with Crippen LogP contribution in [0.5, 0.6) is 0 Å². The van der Waals surface area contributed by atoms with Crippen LogP contribution in [-0.2, 0) is 6.42 Å². The number of aromatic nitrogens is 1. The van der Waals surface area contributed by atoms with E-state index in [1.807, 2.05) is 0 Å². The summed E-state index contributed by atoms with van der Waals surface area (Å²) in [5.41, 5.74) is 5.12. The molecule has 0 aliphatic rings. The molecule has 2 aromatic carbocycles. The molecule has 0 aliphatic heterocycles. The maximum atomic E-state index is 3.58. The average molecular weight is 262 g/mol. The first-order valence-electron chi connectivity index (χ1n) is 7.34. The van der Waals surface area contributed by atoms with Crippen LogP contribution < -0.4 is 0 Å². The summed E-state index contributed by atoms with van der Waals surface area (Å²) in [7, 11) is 0. The number of fused-ring (bicyclic) bond motifs is 1. The third-order valence-electron chi connectivity index (χ3n) is 4.02. The zero-order valence-corrected chi connectivity index (χ0v) is 12.1. The molecule has 0 fully saturated rings. The van der Waals surface area contributed by atoms with Crippen molar-refractivity contribution in [1.29, 1.82) is 0 Å². The normalized spacial score (nSPS) is 12.7. The molecule has 1 aromatic heterocycles. The van der Waals surface area contributed by atoms with Crippen molar-refractivity contribution in [3.63, 3.8) is 0 Å². The Morgan fingerprint density at radius 3 is 2.60 bits per heavy atom. The third kappa shape index (κ3) is 2.49. The molecule has 0 saturated carbocycles. The van der Waals surface area contributed by atoms with Crippen LogP contribution in [0.25, 0.3) is 10.9 Å². The second kappa shape index (κ2) is 5.54. The van der Waals surface area contributed by atoms with Gasteiger partial charge in [-0.3, -0.25) is 0 Å². The van der Waals surface area contributed by atoms with E-state index in [9.17, 15) is 0 Å². The van der Waals surface area contributed by atoms with Crippen LogP contribution in [0, 0.1) is 6.07 Å². The monoisotopic (exact) mass is 262 g/mol. The van der Waals surface area contributed by atoms with E-state index in [4.69, 9.17) is 0 Å². The smallest absolute Gasteiger partial charge is 0.0465 e. The van der Waals surface area contributed by atoms with Gasteiger partial charge in [0.05, 0.1) is 0 Å². The summed E-state index contributed by atoms with van der Waals surface area (Å²) in [6, 6.07) is 20.7. The van der Waals surface area contributed by atoms with E-state index in [0.29, 0.717) is 5.92 Å². The minimum atomic E-state index is 0.534. The Morgan fingerprint density at radius 2 is 1.85 bits per heavy atom. The van der Waals surface area contributed by atoms with Crippen molar-refractivity contribution in [2.24, 2.45) is 0 Å². The molecule has 101 valence electrons. The second-order valence-corrected chi connectivity index (χ2v) is 5.48. The van der Waals surface area contributed by atoms with Crippen LogP contribution in [0.15, 0.2) is 48.5 Å². The SMILES string of the molecule is CCC(C)c1[c]c2c(Cc3ccccc3)cccc2[nH]1. The lowest BCUT2D eigenvalue weighted by molar-refractivity contribution is 0.714. The number of hydrogen-bond donors (Lipinski definition) is 1. The van der Waals surface area contributed by atoms with Gasteiger partial charge in [-0.05, 0) is 36.0 Å². The summed E-state index contributed by atoms with van der Waals surface area (Å²) < 4.78 is 0. The Labute approximate surface area is 120 Å². The Kier molecular flexibility index (Phi) is 3.60. The molecule has 0 aliphatic carbocycles. The van der Waals surface area contributed by atoms with Gasteiger partial charge in [0.1, 0.15) is 0 Å². The fourth-order valence-corrected chi connectivity index (χ4v) is 2.58. The van der Waals surface area contributed by atoms with Crippen LogP contribution in [-0.4, -0.2) is 4.98 Å². The van der Waals surface area contributed by atoms with E-state index in [1.165, 1.54) is 27.7 Å². The number of aromatic amines is 1. The van der Waals surface area contributed by atoms with Crippen LogP contribution in [0.1, 0.15) is 43.0 Å². The number of benzene rings is 2. The maximum Gasteiger partial charge on any atom is 0.0465 e. The van der Waals surface area contributed by atoms with Gasteiger partial charge in [-0.1, -0.05) is 56.3 Å². The zero-order chi connectivity index (χ0) is 13.9. The van der Waals surface area contributed by atoms with Crippen molar-refractivity contribution in [2.75, 3.05) is 0 Å². The molecule has 1 radical (unpaired) electrons. The molecule has 20 heavy (non-hydrogen) atoms. The minimum absolute atomic E-state index is 0.534. The van der Waals surface area contributed by atoms with E-state index < -0.39 is 0 Å². The highest BCUT2D eigenvalue weighted by atomic mass is 14.7. The molecule has 0 saturated heterocycles. The molecule has 1 N–H and O–H groups in total. The quantitative estimate of drug-likeness (QED) is 0.675. The van der Waals surface area contributed by atoms with Crippen molar-refractivity contribution < 1.29 is 0 Å². The lowest BCUT2D eigenvalue weighted by Crippen LogP contribution is -1.90. The van der Waals surface area contributed by atoms with Gasteiger partial charge in [0.2, 0.25) is 0 Å². The summed E-state index contributed by atoms with van der Waals surface area (Å²) >= 11 is 0. The summed E-state index contributed by atoms with van der Waals surface area (Å²) in [5.74, 6) is 0.534. The molecule has 3 rings (SSSR count). The molecule has 1 heterocycles. The molecule has 1 nitrogen and oxygen atoms in total. The van der Waals surface area contributed by atoms with Crippen LogP contribution in [0.4, 0.5) is 0 Å². The molecule has 3 aromatic rings. The van der Waals surface area contributed by atoms with Crippen LogP contribution in [0.3, 0.4) is 0 Å². The van der Waals surface area contributed by atoms with Gasteiger partial charge in [0.25, 0.3) is 0 Å². The van der Waals surface area contributed by atoms with E-state index in [1.54, 1.807) is 0 Å². The van der Waals surface area contributed by atoms with Crippen LogP contribution in [0.2, 0.25) is 0 Å². The summed E-state index contributed by atoms with van der Waals surface area (Å²) in [4.78, 5) is 3.52. The zero-order valence-electron chi connectivity index (χ0n) is 12.1. The first kappa shape index (κ1) is 13.0. The third-order valence-corrected chi connectivity index (χ3v) is 4.02. The molecule has 1 unspecified atom stereocenters. The average Bonchev–Trinajstić information content (AvgIpc) is 2.93. The molecule has 0 amide bonds. The van der Waals surface area contributed by atoms with E-state index in [0.717, 1.165) is 12.8 Å². The number of H-pyrrole nitrogens is 1. The molecule has 0 bridgehead atoms. The Hall–Kier alpha value is -2.02. The van der Waals surface area contributed by atoms with Crippen molar-refractivity contribution in [2.45, 2.75) is 32.6 Å². The number of hydrogen-bond acceptors (Lipinski definition) is 0. The lowest BCUT2D eigenvalue weighted by Gasteiger charge is -2.03. The van der Waals surface area contributed by atoms with Gasteiger partial charge in [-0.25, -0.2) is 0 Å². The van der Waals surface area contributed by atoms with Gasteiger partial charge < -0.3 is 4.98 Å². The molecular weight excluding hydrogens is 242 g/mol. The van der Waals surface area contributed by atoms with Gasteiger partial charge in [-0.2, -0.15) is 0 Å². The van der Waals surface area contributed by atoms with Crippen molar-refractivity contribution >= 4 is 10.9 Å². The summed E-state index contributed by atoms with van der Waals surface area (Å²) in [6.45, 7) is 4.47. The first-order chi connectivity index (χ1) is 9.78. The van der Waals surface area contributed by atoms with E-state index in [2.05, 4.69) is 73.4 Å². The van der Waals surface area contributed by atoms with Gasteiger partial charge in [0, 0.05) is 22.7 Å². The van der Waals surface area contributed by atoms with Crippen LogP contribution >= 0.6 is 0 Å². The first-order valence-corrected chi connectivity index (χ1v) is 7.34. The second-order valence-electron chi connectivity index (χ2n) is 5.48. The summed E-state index contributed by atoms with van der Waals surface area (Å²) in [6.07, 6.45) is 2.10. The highest BCUT2D eigenvalue weighted by Crippen LogP contribution is 2.26. The Bertz CT molecular complexity index is 694.